The highest BCUT2D eigenvalue weighted by molar-refractivity contribution is 5.91. The Morgan fingerprint density at radius 1 is 1.20 bits per heavy atom. The molecule has 0 fully saturated rings. The van der Waals surface area contributed by atoms with Crippen molar-refractivity contribution in [1.82, 2.24) is 0 Å². The Hall–Kier alpha value is -1.68. The summed E-state index contributed by atoms with van der Waals surface area (Å²) >= 11 is 0. The second-order valence-electron chi connectivity index (χ2n) is 5.11. The summed E-state index contributed by atoms with van der Waals surface area (Å²) < 4.78 is 4.76. The molecule has 4 nitrogen and oxygen atoms in total. The number of aryl methyl sites for hydroxylation is 2. The minimum atomic E-state index is -1.57. The zero-order valence-corrected chi connectivity index (χ0v) is 12.5. The molecule has 1 aromatic rings. The molecule has 0 spiro atoms. The maximum Gasteiger partial charge on any atom is 0.345 e. The van der Waals surface area contributed by atoms with E-state index in [1.54, 1.807) is 13.8 Å². The summed E-state index contributed by atoms with van der Waals surface area (Å²) in [5.74, 6) is -1.50. The average molecular weight is 278 g/mol. The first-order valence-corrected chi connectivity index (χ1v) is 6.86. The minimum Gasteiger partial charge on any atom is -0.391 e. The van der Waals surface area contributed by atoms with Crippen molar-refractivity contribution in [1.29, 1.82) is 0 Å². The molecule has 0 aliphatic heterocycles. The molecule has 20 heavy (non-hydrogen) atoms. The molecule has 0 unspecified atom stereocenters. The molecule has 0 bridgehead atoms. The van der Waals surface area contributed by atoms with Gasteiger partial charge in [0.05, 0.1) is 6.42 Å². The summed E-state index contributed by atoms with van der Waals surface area (Å²) in [5.41, 5.74) is 1.35. The predicted molar refractivity (Wildman–Crippen MR) is 76.3 cm³/mol. The number of rotatable bonds is 5. The highest BCUT2D eigenvalue weighted by atomic mass is 16.6. The van der Waals surface area contributed by atoms with Crippen molar-refractivity contribution in [3.05, 3.63) is 34.9 Å². The van der Waals surface area contributed by atoms with Crippen LogP contribution in [0, 0.1) is 13.8 Å². The van der Waals surface area contributed by atoms with Gasteiger partial charge in [-0.15, -0.1) is 0 Å². The second kappa shape index (κ2) is 6.66. The van der Waals surface area contributed by atoms with Crippen molar-refractivity contribution in [2.45, 2.75) is 52.6 Å². The first-order valence-electron chi connectivity index (χ1n) is 6.86. The fraction of sp³-hybridized carbons (Fsp3) is 0.500. The Kier molecular flexibility index (Phi) is 5.45. The molecule has 0 heterocycles. The summed E-state index contributed by atoms with van der Waals surface area (Å²) in [4.78, 5) is 23.6. The molecule has 0 saturated heterocycles. The van der Waals surface area contributed by atoms with Gasteiger partial charge in [-0.2, -0.15) is 0 Å². The van der Waals surface area contributed by atoms with Crippen molar-refractivity contribution in [3.8, 4) is 0 Å². The third kappa shape index (κ3) is 3.90. The van der Waals surface area contributed by atoms with E-state index in [-0.39, 0.29) is 19.3 Å². The van der Waals surface area contributed by atoms with Gasteiger partial charge in [-0.05, 0) is 37.8 Å². The van der Waals surface area contributed by atoms with Crippen LogP contribution in [0.25, 0.3) is 0 Å². The largest absolute Gasteiger partial charge is 0.391 e. The third-order valence-electron chi connectivity index (χ3n) is 3.59. The fourth-order valence-corrected chi connectivity index (χ4v) is 1.97. The number of esters is 2. The zero-order valence-electron chi connectivity index (χ0n) is 12.5. The summed E-state index contributed by atoms with van der Waals surface area (Å²) in [6.45, 7) is 7.24. The van der Waals surface area contributed by atoms with E-state index in [9.17, 15) is 14.7 Å². The Labute approximate surface area is 119 Å². The van der Waals surface area contributed by atoms with E-state index in [0.717, 1.165) is 16.7 Å². The Morgan fingerprint density at radius 2 is 1.80 bits per heavy atom. The van der Waals surface area contributed by atoms with Gasteiger partial charge in [0.15, 0.2) is 5.60 Å². The van der Waals surface area contributed by atoms with Gasteiger partial charge in [0, 0.05) is 0 Å². The summed E-state index contributed by atoms with van der Waals surface area (Å²) in [7, 11) is 0. The Balaban J connectivity index is 2.71. The average Bonchev–Trinajstić information content (AvgIpc) is 2.40. The van der Waals surface area contributed by atoms with Gasteiger partial charge in [-0.1, -0.05) is 37.6 Å². The van der Waals surface area contributed by atoms with Crippen LogP contribution in [0.2, 0.25) is 0 Å². The summed E-state index contributed by atoms with van der Waals surface area (Å²) in [6, 6.07) is 5.73. The van der Waals surface area contributed by atoms with Crippen LogP contribution in [0.3, 0.4) is 0 Å². The number of hydrogen-bond acceptors (Lipinski definition) is 4. The van der Waals surface area contributed by atoms with Crippen LogP contribution in [0.5, 0.6) is 0 Å². The molecule has 0 atom stereocenters. The van der Waals surface area contributed by atoms with Gasteiger partial charge >= 0.3 is 11.9 Å². The van der Waals surface area contributed by atoms with Crippen molar-refractivity contribution in [2.24, 2.45) is 0 Å². The molecule has 110 valence electrons. The van der Waals surface area contributed by atoms with Crippen LogP contribution in [0.15, 0.2) is 18.2 Å². The SMILES string of the molecule is CCC(O)(CC)C(=O)OC(=O)Cc1ccc(C)cc1C. The van der Waals surface area contributed by atoms with E-state index in [0.29, 0.717) is 0 Å². The topological polar surface area (TPSA) is 63.6 Å². The van der Waals surface area contributed by atoms with E-state index in [4.69, 9.17) is 4.74 Å². The Morgan fingerprint density at radius 3 is 2.30 bits per heavy atom. The maximum atomic E-state index is 11.8. The van der Waals surface area contributed by atoms with E-state index < -0.39 is 17.5 Å². The standard InChI is InChI=1S/C16H22O4/c1-5-16(19,6-2)15(18)20-14(17)10-13-8-7-11(3)9-12(13)4/h7-9,19H,5-6,10H2,1-4H3. The van der Waals surface area contributed by atoms with Crippen molar-refractivity contribution >= 4 is 11.9 Å². The number of carbonyl (C=O) groups excluding carboxylic acids is 2. The number of carbonyl (C=O) groups is 2. The van der Waals surface area contributed by atoms with Crippen molar-refractivity contribution in [3.63, 3.8) is 0 Å². The molecule has 0 aliphatic rings. The first kappa shape index (κ1) is 16.4. The lowest BCUT2D eigenvalue weighted by atomic mass is 9.98. The molecule has 1 aromatic carbocycles. The summed E-state index contributed by atoms with van der Waals surface area (Å²) in [6.07, 6.45) is 0.472. The normalized spacial score (nSPS) is 11.2. The monoisotopic (exact) mass is 278 g/mol. The highest BCUT2D eigenvalue weighted by Crippen LogP contribution is 2.18. The molecule has 0 aromatic heterocycles. The lowest BCUT2D eigenvalue weighted by Crippen LogP contribution is -2.40. The molecule has 0 radical (unpaired) electrons. The van der Waals surface area contributed by atoms with Gasteiger partial charge in [0.2, 0.25) is 0 Å². The molecular weight excluding hydrogens is 256 g/mol. The summed E-state index contributed by atoms with van der Waals surface area (Å²) in [5, 5.41) is 9.98. The molecule has 1 N–H and O–H groups in total. The lowest BCUT2D eigenvalue weighted by Gasteiger charge is -2.21. The van der Waals surface area contributed by atoms with E-state index in [2.05, 4.69) is 0 Å². The molecule has 1 rings (SSSR count). The Bertz CT molecular complexity index is 501. The first-order chi connectivity index (χ1) is 9.32. The maximum absolute atomic E-state index is 11.8. The van der Waals surface area contributed by atoms with Gasteiger partial charge in [-0.25, -0.2) is 4.79 Å². The van der Waals surface area contributed by atoms with Crippen LogP contribution in [-0.4, -0.2) is 22.6 Å². The molecular formula is C16H22O4. The van der Waals surface area contributed by atoms with E-state index in [1.165, 1.54) is 0 Å². The molecule has 0 aliphatic carbocycles. The molecule has 4 heteroatoms. The minimum absolute atomic E-state index is 0.0291. The van der Waals surface area contributed by atoms with Gasteiger partial charge in [0.25, 0.3) is 0 Å². The van der Waals surface area contributed by atoms with Crippen molar-refractivity contribution in [2.75, 3.05) is 0 Å². The van der Waals surface area contributed by atoms with Gasteiger partial charge in [-0.3, -0.25) is 4.79 Å². The van der Waals surface area contributed by atoms with Crippen LogP contribution >= 0.6 is 0 Å². The van der Waals surface area contributed by atoms with E-state index >= 15 is 0 Å². The van der Waals surface area contributed by atoms with Gasteiger partial charge < -0.3 is 9.84 Å². The highest BCUT2D eigenvalue weighted by Gasteiger charge is 2.35. The number of benzene rings is 1. The van der Waals surface area contributed by atoms with Crippen LogP contribution in [0.1, 0.15) is 43.4 Å². The lowest BCUT2D eigenvalue weighted by molar-refractivity contribution is -0.174. The number of hydrogen-bond donors (Lipinski definition) is 1. The van der Waals surface area contributed by atoms with Gasteiger partial charge in [0.1, 0.15) is 0 Å². The quantitative estimate of drug-likeness (QED) is 0.664. The van der Waals surface area contributed by atoms with E-state index in [1.807, 2.05) is 32.0 Å². The second-order valence-corrected chi connectivity index (χ2v) is 5.11. The number of ether oxygens (including phenoxy) is 1. The predicted octanol–water partition coefficient (Wildman–Crippen LogP) is 2.47. The third-order valence-corrected chi connectivity index (χ3v) is 3.59. The molecule has 0 saturated carbocycles. The van der Waals surface area contributed by atoms with Crippen LogP contribution in [-0.2, 0) is 20.7 Å². The number of aliphatic hydroxyl groups is 1. The van der Waals surface area contributed by atoms with Crippen molar-refractivity contribution < 1.29 is 19.4 Å². The van der Waals surface area contributed by atoms with Crippen LogP contribution in [0.4, 0.5) is 0 Å². The van der Waals surface area contributed by atoms with Crippen LogP contribution < -0.4 is 0 Å². The molecule has 0 amide bonds. The smallest absolute Gasteiger partial charge is 0.345 e. The fourth-order valence-electron chi connectivity index (χ4n) is 1.97. The zero-order chi connectivity index (χ0) is 15.3.